The molecule has 22 heavy (non-hydrogen) atoms. The van der Waals surface area contributed by atoms with Crippen LogP contribution in [0.4, 0.5) is 4.79 Å². The van der Waals surface area contributed by atoms with E-state index in [-0.39, 0.29) is 11.6 Å². The van der Waals surface area contributed by atoms with Crippen molar-refractivity contribution in [2.45, 2.75) is 5.60 Å². The van der Waals surface area contributed by atoms with Crippen LogP contribution in [0.25, 0.3) is 11.0 Å². The lowest BCUT2D eigenvalue weighted by atomic mass is 9.93. The van der Waals surface area contributed by atoms with Crippen molar-refractivity contribution in [3.05, 3.63) is 34.2 Å². The first kappa shape index (κ1) is 12.9. The van der Waals surface area contributed by atoms with Crippen LogP contribution in [0.3, 0.4) is 0 Å². The van der Waals surface area contributed by atoms with Gasteiger partial charge in [-0.3, -0.25) is 9.36 Å². The number of aromatic nitrogens is 2. The molecular formula is C14H14N4O4. The Kier molecular flexibility index (Phi) is 2.42. The zero-order valence-electron chi connectivity index (χ0n) is 11.9. The number of hydrogen-bond donors (Lipinski definition) is 2. The molecule has 0 aliphatic carbocycles. The molecule has 2 fully saturated rings. The van der Waals surface area contributed by atoms with Crippen molar-refractivity contribution in [1.82, 2.24) is 19.8 Å². The second-order valence-electron chi connectivity index (χ2n) is 5.81. The maximum Gasteiger partial charge on any atom is 0.408 e. The third-order valence-electron chi connectivity index (χ3n) is 4.26. The molecule has 2 aromatic rings. The minimum Gasteiger partial charge on any atom is -0.437 e. The highest BCUT2D eigenvalue weighted by Gasteiger charge is 2.52. The minimum absolute atomic E-state index is 0.135. The van der Waals surface area contributed by atoms with Crippen molar-refractivity contribution < 1.29 is 14.3 Å². The molecule has 1 aromatic carbocycles. The predicted octanol–water partition coefficient (Wildman–Crippen LogP) is -0.199. The molecule has 2 N–H and O–H groups in total. The van der Waals surface area contributed by atoms with Crippen LogP contribution in [-0.2, 0) is 11.8 Å². The number of imidazole rings is 1. The van der Waals surface area contributed by atoms with Gasteiger partial charge in [0.2, 0.25) is 0 Å². The number of ether oxygens (including phenoxy) is 1. The molecule has 4 rings (SSSR count). The fourth-order valence-electron chi connectivity index (χ4n) is 3.01. The van der Waals surface area contributed by atoms with Crippen molar-refractivity contribution in [1.29, 1.82) is 0 Å². The quantitative estimate of drug-likeness (QED) is 0.762. The summed E-state index contributed by atoms with van der Waals surface area (Å²) in [6.07, 6.45) is -0.434. The minimum atomic E-state index is -0.572. The number of hydrogen-bond acceptors (Lipinski definition) is 4. The van der Waals surface area contributed by atoms with Crippen molar-refractivity contribution in [2.75, 3.05) is 19.6 Å². The Morgan fingerprint density at radius 3 is 2.77 bits per heavy atom. The van der Waals surface area contributed by atoms with E-state index in [1.54, 1.807) is 30.1 Å². The SMILES string of the molecule is Cn1c(=O)[nH]c2ccc(C(=O)N3CC4(CNC(=O)O4)C3)cc21. The normalized spacial score (nSPS) is 19.1. The average molecular weight is 302 g/mol. The molecule has 0 radical (unpaired) electrons. The Labute approximate surface area is 124 Å². The van der Waals surface area contributed by atoms with E-state index in [1.165, 1.54) is 4.57 Å². The van der Waals surface area contributed by atoms with Gasteiger partial charge >= 0.3 is 11.8 Å². The van der Waals surface area contributed by atoms with Gasteiger partial charge in [0.1, 0.15) is 0 Å². The van der Waals surface area contributed by atoms with Gasteiger partial charge in [0, 0.05) is 12.6 Å². The Bertz CT molecular complexity index is 859. The lowest BCUT2D eigenvalue weighted by molar-refractivity contribution is -0.0575. The zero-order valence-corrected chi connectivity index (χ0v) is 11.9. The van der Waals surface area contributed by atoms with E-state index >= 15 is 0 Å². The molecule has 8 nitrogen and oxygen atoms in total. The summed E-state index contributed by atoms with van der Waals surface area (Å²) < 4.78 is 6.66. The maximum atomic E-state index is 12.5. The first-order valence-electron chi connectivity index (χ1n) is 6.92. The first-order chi connectivity index (χ1) is 10.5. The Hall–Kier alpha value is -2.77. The van der Waals surface area contributed by atoms with Crippen LogP contribution in [0.1, 0.15) is 10.4 Å². The molecule has 1 aromatic heterocycles. The Morgan fingerprint density at radius 2 is 2.09 bits per heavy atom. The predicted molar refractivity (Wildman–Crippen MR) is 76.7 cm³/mol. The van der Waals surface area contributed by atoms with Crippen LogP contribution in [0, 0.1) is 0 Å². The van der Waals surface area contributed by atoms with Crippen LogP contribution in [-0.4, -0.2) is 51.7 Å². The number of fused-ring (bicyclic) bond motifs is 1. The largest absolute Gasteiger partial charge is 0.437 e. The monoisotopic (exact) mass is 302 g/mol. The Balaban J connectivity index is 1.58. The van der Waals surface area contributed by atoms with Gasteiger partial charge in [-0.1, -0.05) is 0 Å². The highest BCUT2D eigenvalue weighted by Crippen LogP contribution is 2.29. The van der Waals surface area contributed by atoms with Gasteiger partial charge < -0.3 is 19.9 Å². The highest BCUT2D eigenvalue weighted by atomic mass is 16.6. The van der Waals surface area contributed by atoms with E-state index in [9.17, 15) is 14.4 Å². The smallest absolute Gasteiger partial charge is 0.408 e. The Morgan fingerprint density at radius 1 is 1.32 bits per heavy atom. The fraction of sp³-hybridized carbons (Fsp3) is 0.357. The van der Waals surface area contributed by atoms with E-state index in [1.807, 2.05) is 0 Å². The van der Waals surface area contributed by atoms with Crippen LogP contribution in [0.5, 0.6) is 0 Å². The zero-order chi connectivity index (χ0) is 15.5. The molecule has 3 heterocycles. The summed E-state index contributed by atoms with van der Waals surface area (Å²) in [7, 11) is 1.65. The van der Waals surface area contributed by atoms with Gasteiger partial charge in [0.25, 0.3) is 5.91 Å². The van der Waals surface area contributed by atoms with Gasteiger partial charge in [-0.25, -0.2) is 9.59 Å². The van der Waals surface area contributed by atoms with Crippen molar-refractivity contribution in [3.8, 4) is 0 Å². The number of nitrogens with zero attached hydrogens (tertiary/aromatic N) is 2. The summed E-state index contributed by atoms with van der Waals surface area (Å²) in [5.41, 5.74) is 1.09. The number of likely N-dealkylation sites (tertiary alicyclic amines) is 1. The summed E-state index contributed by atoms with van der Waals surface area (Å²) in [6, 6.07) is 5.10. The topological polar surface area (TPSA) is 96.4 Å². The number of aryl methyl sites for hydroxylation is 1. The number of aromatic amines is 1. The molecule has 114 valence electrons. The molecule has 0 unspecified atom stereocenters. The molecular weight excluding hydrogens is 288 g/mol. The summed E-state index contributed by atoms with van der Waals surface area (Å²) in [6.45, 7) is 1.20. The standard InChI is InChI=1S/C14H14N4O4/c1-17-10-4-8(2-3-9(10)16-12(17)20)11(19)18-6-14(7-18)5-15-13(21)22-14/h2-4H,5-7H2,1H3,(H,15,21)(H,16,20). The maximum absolute atomic E-state index is 12.5. The molecule has 0 saturated carbocycles. The summed E-state index contributed by atoms with van der Waals surface area (Å²) in [5.74, 6) is -0.135. The van der Waals surface area contributed by atoms with Crippen LogP contribution in [0.15, 0.2) is 23.0 Å². The second-order valence-corrected chi connectivity index (χ2v) is 5.81. The molecule has 0 bridgehead atoms. The number of nitrogens with one attached hydrogen (secondary N) is 2. The summed E-state index contributed by atoms with van der Waals surface area (Å²) in [4.78, 5) is 39.5. The van der Waals surface area contributed by atoms with E-state index < -0.39 is 11.7 Å². The van der Waals surface area contributed by atoms with Crippen LogP contribution >= 0.6 is 0 Å². The van der Waals surface area contributed by atoms with Gasteiger partial charge in [0.15, 0.2) is 5.60 Å². The molecule has 8 heteroatoms. The fourth-order valence-corrected chi connectivity index (χ4v) is 3.01. The van der Waals surface area contributed by atoms with Gasteiger partial charge in [0.05, 0.1) is 30.7 Å². The molecule has 2 aliphatic heterocycles. The van der Waals surface area contributed by atoms with Crippen LogP contribution < -0.4 is 11.0 Å². The van der Waals surface area contributed by atoms with Crippen molar-refractivity contribution in [3.63, 3.8) is 0 Å². The third-order valence-corrected chi connectivity index (χ3v) is 4.26. The molecule has 2 amide bonds. The number of carbonyl (C=O) groups excluding carboxylic acids is 2. The lowest BCUT2D eigenvalue weighted by Gasteiger charge is -2.45. The molecule has 2 saturated heterocycles. The number of benzene rings is 1. The lowest BCUT2D eigenvalue weighted by Crippen LogP contribution is -2.65. The van der Waals surface area contributed by atoms with E-state index in [2.05, 4.69) is 10.3 Å². The van der Waals surface area contributed by atoms with Gasteiger partial charge in [-0.2, -0.15) is 0 Å². The van der Waals surface area contributed by atoms with E-state index in [4.69, 9.17) is 4.74 Å². The second kappa shape index (κ2) is 4.12. The number of alkyl carbamates (subject to hydrolysis) is 1. The van der Waals surface area contributed by atoms with Crippen molar-refractivity contribution >= 4 is 23.0 Å². The number of rotatable bonds is 1. The number of carbonyl (C=O) groups is 2. The van der Waals surface area contributed by atoms with Gasteiger partial charge in [-0.15, -0.1) is 0 Å². The van der Waals surface area contributed by atoms with Gasteiger partial charge in [-0.05, 0) is 18.2 Å². The number of amides is 2. The molecule has 1 spiro atoms. The molecule has 0 atom stereocenters. The molecule has 2 aliphatic rings. The van der Waals surface area contributed by atoms with E-state index in [0.717, 1.165) is 0 Å². The highest BCUT2D eigenvalue weighted by molar-refractivity contribution is 5.98. The first-order valence-corrected chi connectivity index (χ1v) is 6.92. The summed E-state index contributed by atoms with van der Waals surface area (Å²) >= 11 is 0. The van der Waals surface area contributed by atoms with Crippen molar-refractivity contribution in [2.24, 2.45) is 7.05 Å². The average Bonchev–Trinajstić information content (AvgIpc) is 2.98. The number of H-pyrrole nitrogens is 1. The summed E-state index contributed by atoms with van der Waals surface area (Å²) in [5, 5.41) is 2.60. The third kappa shape index (κ3) is 1.73. The van der Waals surface area contributed by atoms with E-state index in [0.29, 0.717) is 36.2 Å². The van der Waals surface area contributed by atoms with Crippen LogP contribution in [0.2, 0.25) is 0 Å².